The summed E-state index contributed by atoms with van der Waals surface area (Å²) in [4.78, 5) is 2.49. The molecule has 1 heterocycles. The van der Waals surface area contributed by atoms with E-state index in [0.717, 1.165) is 13.0 Å². The summed E-state index contributed by atoms with van der Waals surface area (Å²) in [6.07, 6.45) is 1.16. The second-order valence-electron chi connectivity index (χ2n) is 6.66. The molecule has 1 fully saturated rings. The van der Waals surface area contributed by atoms with Crippen molar-refractivity contribution in [2.75, 3.05) is 13.6 Å². The first-order valence-electron chi connectivity index (χ1n) is 7.37. The van der Waals surface area contributed by atoms with E-state index in [1.54, 1.807) is 0 Å². The lowest BCUT2D eigenvalue weighted by Crippen LogP contribution is -2.34. The molecular formula is C19H23N. The Kier molecular flexibility index (Phi) is 3.18. The van der Waals surface area contributed by atoms with Crippen molar-refractivity contribution in [3.63, 3.8) is 0 Å². The molecule has 2 aromatic rings. The number of benzene rings is 2. The van der Waals surface area contributed by atoms with Crippen LogP contribution in [0.4, 0.5) is 0 Å². The average Bonchev–Trinajstić information content (AvgIpc) is 2.72. The second-order valence-corrected chi connectivity index (χ2v) is 6.66. The highest BCUT2D eigenvalue weighted by atomic mass is 15.2. The summed E-state index contributed by atoms with van der Waals surface area (Å²) in [7, 11) is 2.24. The fraction of sp³-hybridized carbons (Fsp3) is 0.368. The van der Waals surface area contributed by atoms with Gasteiger partial charge in [0.2, 0.25) is 0 Å². The number of rotatable bonds is 2. The molecule has 0 saturated carbocycles. The predicted octanol–water partition coefficient (Wildman–Crippen LogP) is 4.09. The number of hydrogen-bond donors (Lipinski definition) is 0. The normalized spacial score (nSPS) is 20.9. The molecule has 20 heavy (non-hydrogen) atoms. The van der Waals surface area contributed by atoms with Crippen LogP contribution in [0.1, 0.15) is 31.4 Å². The van der Waals surface area contributed by atoms with Crippen molar-refractivity contribution in [2.45, 2.75) is 31.2 Å². The third-order valence-corrected chi connectivity index (χ3v) is 4.93. The van der Waals surface area contributed by atoms with Crippen molar-refractivity contribution < 1.29 is 0 Å². The first-order valence-corrected chi connectivity index (χ1v) is 7.37. The Balaban J connectivity index is 2.16. The highest BCUT2D eigenvalue weighted by Crippen LogP contribution is 2.47. The van der Waals surface area contributed by atoms with Gasteiger partial charge in [-0.25, -0.2) is 0 Å². The molecule has 1 aliphatic heterocycles. The minimum Gasteiger partial charge on any atom is -0.300 e. The molecule has 1 saturated heterocycles. The van der Waals surface area contributed by atoms with Crippen LogP contribution < -0.4 is 0 Å². The largest absolute Gasteiger partial charge is 0.300 e. The summed E-state index contributed by atoms with van der Waals surface area (Å²) in [6.45, 7) is 5.77. The van der Waals surface area contributed by atoms with Crippen LogP contribution >= 0.6 is 0 Å². The molecule has 0 N–H and O–H groups in total. The Bertz CT molecular complexity index is 532. The van der Waals surface area contributed by atoms with Crippen LogP contribution in [0.15, 0.2) is 60.7 Å². The molecule has 1 aliphatic rings. The van der Waals surface area contributed by atoms with Gasteiger partial charge in [0.05, 0.1) is 0 Å². The van der Waals surface area contributed by atoms with E-state index in [4.69, 9.17) is 0 Å². The van der Waals surface area contributed by atoms with Gasteiger partial charge in [-0.1, -0.05) is 60.7 Å². The van der Waals surface area contributed by atoms with Gasteiger partial charge in [-0.2, -0.15) is 0 Å². The average molecular weight is 265 g/mol. The summed E-state index contributed by atoms with van der Waals surface area (Å²) in [5, 5.41) is 0. The first kappa shape index (κ1) is 13.4. The lowest BCUT2D eigenvalue weighted by Gasteiger charge is -2.31. The highest BCUT2D eigenvalue weighted by molar-refractivity contribution is 5.42. The fourth-order valence-electron chi connectivity index (χ4n) is 3.62. The lowest BCUT2D eigenvalue weighted by molar-refractivity contribution is 0.218. The van der Waals surface area contributed by atoms with Crippen LogP contribution in [0.2, 0.25) is 0 Å². The van der Waals surface area contributed by atoms with Gasteiger partial charge in [0, 0.05) is 17.5 Å². The molecule has 3 rings (SSSR count). The zero-order valence-corrected chi connectivity index (χ0v) is 12.6. The van der Waals surface area contributed by atoms with E-state index < -0.39 is 0 Å². The van der Waals surface area contributed by atoms with Crippen LogP contribution in [-0.4, -0.2) is 24.0 Å². The van der Waals surface area contributed by atoms with Gasteiger partial charge in [0.15, 0.2) is 0 Å². The summed E-state index contributed by atoms with van der Waals surface area (Å²) < 4.78 is 0. The van der Waals surface area contributed by atoms with Gasteiger partial charge in [0.25, 0.3) is 0 Å². The quantitative estimate of drug-likeness (QED) is 0.790. The molecule has 2 aromatic carbocycles. The minimum absolute atomic E-state index is 0.112. The number of likely N-dealkylation sites (tertiary alicyclic amines) is 1. The number of hydrogen-bond acceptors (Lipinski definition) is 1. The Morgan fingerprint density at radius 1 is 0.800 bits per heavy atom. The molecule has 0 aliphatic carbocycles. The predicted molar refractivity (Wildman–Crippen MR) is 85.0 cm³/mol. The van der Waals surface area contributed by atoms with Gasteiger partial charge in [-0.3, -0.25) is 4.90 Å². The Hall–Kier alpha value is -1.60. The van der Waals surface area contributed by atoms with E-state index in [0.29, 0.717) is 0 Å². The maximum absolute atomic E-state index is 2.49. The maximum Gasteiger partial charge on any atom is 0.0347 e. The molecule has 0 unspecified atom stereocenters. The van der Waals surface area contributed by atoms with Crippen molar-refractivity contribution in [2.24, 2.45) is 0 Å². The van der Waals surface area contributed by atoms with Crippen LogP contribution in [0.5, 0.6) is 0 Å². The molecule has 0 atom stereocenters. The summed E-state index contributed by atoms with van der Waals surface area (Å²) >= 11 is 0. The topological polar surface area (TPSA) is 3.24 Å². The summed E-state index contributed by atoms with van der Waals surface area (Å²) in [5.74, 6) is 0. The van der Waals surface area contributed by atoms with E-state index in [1.807, 2.05) is 0 Å². The molecule has 1 heteroatoms. The third kappa shape index (κ3) is 2.06. The molecule has 104 valence electrons. The number of likely N-dealkylation sites (N-methyl/N-ethyl adjacent to an activating group) is 1. The lowest BCUT2D eigenvalue weighted by atomic mass is 9.71. The smallest absolute Gasteiger partial charge is 0.0347 e. The standard InChI is InChI=1S/C19H23N/c1-18(2)14-19(15-20(18)3,16-10-6-4-7-11-16)17-12-8-5-9-13-17/h4-13H,14-15H2,1-3H3. The van der Waals surface area contributed by atoms with E-state index in [1.165, 1.54) is 11.1 Å². The van der Waals surface area contributed by atoms with Crippen LogP contribution in [0.3, 0.4) is 0 Å². The van der Waals surface area contributed by atoms with E-state index in [2.05, 4.69) is 86.5 Å². The molecule has 0 amide bonds. The Morgan fingerprint density at radius 2 is 1.25 bits per heavy atom. The molecule has 0 aromatic heterocycles. The minimum atomic E-state index is 0.112. The van der Waals surface area contributed by atoms with E-state index in [-0.39, 0.29) is 11.0 Å². The van der Waals surface area contributed by atoms with Crippen molar-refractivity contribution in [1.29, 1.82) is 0 Å². The van der Waals surface area contributed by atoms with E-state index in [9.17, 15) is 0 Å². The Labute approximate surface area is 122 Å². The fourth-order valence-corrected chi connectivity index (χ4v) is 3.62. The zero-order chi connectivity index (χ0) is 14.2. The monoisotopic (exact) mass is 265 g/mol. The maximum atomic E-state index is 2.49. The van der Waals surface area contributed by atoms with Crippen LogP contribution in [0, 0.1) is 0 Å². The van der Waals surface area contributed by atoms with Gasteiger partial charge in [-0.05, 0) is 38.4 Å². The highest BCUT2D eigenvalue weighted by Gasteiger charge is 2.48. The zero-order valence-electron chi connectivity index (χ0n) is 12.6. The SMILES string of the molecule is CN1CC(c2ccccc2)(c2ccccc2)CC1(C)C. The van der Waals surface area contributed by atoms with Crippen molar-refractivity contribution in [3.05, 3.63) is 71.8 Å². The van der Waals surface area contributed by atoms with Crippen molar-refractivity contribution in [1.82, 2.24) is 4.90 Å². The van der Waals surface area contributed by atoms with Gasteiger partial charge < -0.3 is 0 Å². The third-order valence-electron chi connectivity index (χ3n) is 4.93. The molecular weight excluding hydrogens is 242 g/mol. The molecule has 0 spiro atoms. The molecule has 0 radical (unpaired) electrons. The number of nitrogens with zero attached hydrogens (tertiary/aromatic N) is 1. The van der Waals surface area contributed by atoms with Crippen LogP contribution in [-0.2, 0) is 5.41 Å². The second kappa shape index (κ2) is 4.75. The van der Waals surface area contributed by atoms with Crippen LogP contribution in [0.25, 0.3) is 0 Å². The van der Waals surface area contributed by atoms with Crippen molar-refractivity contribution in [3.8, 4) is 0 Å². The molecule has 1 nitrogen and oxygen atoms in total. The first-order chi connectivity index (χ1) is 9.55. The summed E-state index contributed by atoms with van der Waals surface area (Å²) in [6, 6.07) is 22.0. The summed E-state index contributed by atoms with van der Waals surface area (Å²) in [5.41, 5.74) is 3.21. The van der Waals surface area contributed by atoms with E-state index >= 15 is 0 Å². The van der Waals surface area contributed by atoms with Gasteiger partial charge >= 0.3 is 0 Å². The van der Waals surface area contributed by atoms with Crippen molar-refractivity contribution >= 4 is 0 Å². The Morgan fingerprint density at radius 3 is 1.60 bits per heavy atom. The van der Waals surface area contributed by atoms with Gasteiger partial charge in [0.1, 0.15) is 0 Å². The molecule has 0 bridgehead atoms. The van der Waals surface area contributed by atoms with Gasteiger partial charge in [-0.15, -0.1) is 0 Å².